The smallest absolute Gasteiger partial charge is 0.266 e. The molecule has 3 rings (SSSR count). The number of hydrogen-bond donors (Lipinski definition) is 2. The molecule has 0 fully saturated rings. The van der Waals surface area contributed by atoms with Crippen LogP contribution in [0.3, 0.4) is 0 Å². The molecule has 1 aromatic heterocycles. The number of amides is 2. The van der Waals surface area contributed by atoms with Gasteiger partial charge in [0.15, 0.2) is 6.10 Å². The first-order chi connectivity index (χ1) is 11.1. The zero-order chi connectivity index (χ0) is 16.2. The molecule has 1 aromatic carbocycles. The van der Waals surface area contributed by atoms with Gasteiger partial charge in [0.05, 0.1) is 17.1 Å². The number of anilines is 1. The zero-order valence-electron chi connectivity index (χ0n) is 12.7. The molecule has 1 aliphatic heterocycles. The van der Waals surface area contributed by atoms with Crippen molar-refractivity contribution in [1.29, 1.82) is 0 Å². The molecule has 2 N–H and O–H groups in total. The van der Waals surface area contributed by atoms with Crippen LogP contribution in [-0.4, -0.2) is 29.4 Å². The number of hydrogen-bond acceptors (Lipinski definition) is 5. The van der Waals surface area contributed by atoms with Crippen molar-refractivity contribution in [2.45, 2.75) is 25.9 Å². The quantitative estimate of drug-likeness (QED) is 0.877. The summed E-state index contributed by atoms with van der Waals surface area (Å²) >= 11 is 1.58. The van der Waals surface area contributed by atoms with Crippen LogP contribution in [0.15, 0.2) is 29.6 Å². The van der Waals surface area contributed by atoms with Crippen LogP contribution >= 0.6 is 11.3 Å². The minimum absolute atomic E-state index is 0.00291. The summed E-state index contributed by atoms with van der Waals surface area (Å²) in [4.78, 5) is 28.3. The number of fused-ring (bicyclic) bond motifs is 1. The summed E-state index contributed by atoms with van der Waals surface area (Å²) in [6.45, 7) is 2.44. The topological polar surface area (TPSA) is 80.3 Å². The Kier molecular flexibility index (Phi) is 4.57. The first-order valence-corrected chi connectivity index (χ1v) is 8.24. The number of thiazole rings is 1. The minimum Gasteiger partial charge on any atom is -0.478 e. The number of para-hydroxylation sites is 2. The molecule has 0 spiro atoms. The van der Waals surface area contributed by atoms with Crippen molar-refractivity contribution in [3.8, 4) is 5.75 Å². The van der Waals surface area contributed by atoms with Gasteiger partial charge in [-0.25, -0.2) is 4.98 Å². The van der Waals surface area contributed by atoms with Crippen LogP contribution < -0.4 is 15.4 Å². The van der Waals surface area contributed by atoms with Gasteiger partial charge >= 0.3 is 0 Å². The van der Waals surface area contributed by atoms with Crippen molar-refractivity contribution in [3.05, 3.63) is 40.3 Å². The van der Waals surface area contributed by atoms with Gasteiger partial charge in [-0.1, -0.05) is 12.1 Å². The Bertz CT molecular complexity index is 729. The third kappa shape index (κ3) is 3.87. The Labute approximate surface area is 137 Å². The molecule has 6 nitrogen and oxygen atoms in total. The zero-order valence-corrected chi connectivity index (χ0v) is 13.5. The van der Waals surface area contributed by atoms with Gasteiger partial charge in [-0.3, -0.25) is 9.59 Å². The van der Waals surface area contributed by atoms with Crippen molar-refractivity contribution >= 4 is 28.8 Å². The van der Waals surface area contributed by atoms with Crippen LogP contribution in [0, 0.1) is 6.92 Å². The molecule has 0 saturated carbocycles. The molecular formula is C16H17N3O3S. The highest BCUT2D eigenvalue weighted by atomic mass is 32.1. The molecule has 0 radical (unpaired) electrons. The van der Waals surface area contributed by atoms with Crippen molar-refractivity contribution in [2.24, 2.45) is 0 Å². The predicted molar refractivity (Wildman–Crippen MR) is 87.7 cm³/mol. The Morgan fingerprint density at radius 2 is 2.26 bits per heavy atom. The van der Waals surface area contributed by atoms with Crippen LogP contribution in [0.1, 0.15) is 17.1 Å². The molecule has 0 aliphatic carbocycles. The third-order valence-corrected chi connectivity index (χ3v) is 4.43. The molecule has 0 bridgehead atoms. The molecule has 1 aliphatic rings. The van der Waals surface area contributed by atoms with Gasteiger partial charge < -0.3 is 15.4 Å². The van der Waals surface area contributed by atoms with Crippen LogP contribution in [0.5, 0.6) is 5.75 Å². The summed E-state index contributed by atoms with van der Waals surface area (Å²) in [6, 6.07) is 7.17. The summed E-state index contributed by atoms with van der Waals surface area (Å²) in [5.74, 6) is 0.0790. The number of carbonyl (C=O) groups excluding carboxylic acids is 2. The number of ether oxygens (including phenoxy) is 1. The van der Waals surface area contributed by atoms with Crippen LogP contribution in [0.2, 0.25) is 0 Å². The number of aryl methyl sites for hydroxylation is 1. The van der Waals surface area contributed by atoms with Gasteiger partial charge in [0, 0.05) is 24.0 Å². The highest BCUT2D eigenvalue weighted by Gasteiger charge is 2.29. The van der Waals surface area contributed by atoms with E-state index in [4.69, 9.17) is 4.74 Å². The largest absolute Gasteiger partial charge is 0.478 e. The molecule has 0 unspecified atom stereocenters. The summed E-state index contributed by atoms with van der Waals surface area (Å²) < 4.78 is 5.60. The number of rotatable bonds is 5. The van der Waals surface area contributed by atoms with Gasteiger partial charge in [-0.15, -0.1) is 11.3 Å². The fraction of sp³-hybridized carbons (Fsp3) is 0.312. The van der Waals surface area contributed by atoms with E-state index in [9.17, 15) is 9.59 Å². The lowest BCUT2D eigenvalue weighted by molar-refractivity contribution is -0.130. The minimum atomic E-state index is -0.799. The Morgan fingerprint density at radius 3 is 3.04 bits per heavy atom. The lowest BCUT2D eigenvalue weighted by Crippen LogP contribution is -2.41. The SMILES string of the molecule is Cc1csc(CCNC(=O)C[C@H]2Oc3ccccc3NC2=O)n1. The van der Waals surface area contributed by atoms with Gasteiger partial charge in [0.1, 0.15) is 5.75 Å². The molecule has 7 heteroatoms. The second kappa shape index (κ2) is 6.78. The van der Waals surface area contributed by atoms with Crippen LogP contribution in [0.25, 0.3) is 0 Å². The number of carbonyl (C=O) groups is 2. The average molecular weight is 331 g/mol. The van der Waals surface area contributed by atoms with Crippen LogP contribution in [0.4, 0.5) is 5.69 Å². The number of benzene rings is 1. The fourth-order valence-corrected chi connectivity index (χ4v) is 3.07. The van der Waals surface area contributed by atoms with Gasteiger partial charge in [0.2, 0.25) is 5.91 Å². The van der Waals surface area contributed by atoms with Crippen molar-refractivity contribution in [3.63, 3.8) is 0 Å². The van der Waals surface area contributed by atoms with Gasteiger partial charge in [-0.05, 0) is 19.1 Å². The standard InChI is InChI=1S/C16H17N3O3S/c1-10-9-23-15(18-10)6-7-17-14(20)8-13-16(21)19-11-4-2-3-5-12(11)22-13/h2-5,9,13H,6-8H2,1H3,(H,17,20)(H,19,21)/t13-/m1/s1. The van der Waals surface area contributed by atoms with E-state index in [2.05, 4.69) is 15.6 Å². The maximum atomic E-state index is 12.0. The third-order valence-electron chi connectivity index (χ3n) is 3.40. The first kappa shape index (κ1) is 15.5. The monoisotopic (exact) mass is 331 g/mol. The number of nitrogens with zero attached hydrogens (tertiary/aromatic N) is 1. The molecule has 0 saturated heterocycles. The summed E-state index contributed by atoms with van der Waals surface area (Å²) in [6.07, 6.45) is -0.117. The molecule has 2 aromatic rings. The molecule has 120 valence electrons. The summed E-state index contributed by atoms with van der Waals surface area (Å²) in [5, 5.41) is 8.52. The highest BCUT2D eigenvalue weighted by molar-refractivity contribution is 7.09. The van der Waals surface area contributed by atoms with E-state index in [1.54, 1.807) is 23.5 Å². The number of nitrogens with one attached hydrogen (secondary N) is 2. The second-order valence-corrected chi connectivity index (χ2v) is 6.22. The molecule has 1 atom stereocenters. The van der Waals surface area contributed by atoms with Crippen molar-refractivity contribution in [2.75, 3.05) is 11.9 Å². The van der Waals surface area contributed by atoms with Crippen molar-refractivity contribution in [1.82, 2.24) is 10.3 Å². The van der Waals surface area contributed by atoms with Crippen LogP contribution in [-0.2, 0) is 16.0 Å². The highest BCUT2D eigenvalue weighted by Crippen LogP contribution is 2.29. The predicted octanol–water partition coefficient (Wildman–Crippen LogP) is 1.90. The first-order valence-electron chi connectivity index (χ1n) is 7.36. The Hall–Kier alpha value is -2.41. The maximum absolute atomic E-state index is 12.0. The molecule has 2 amide bonds. The molecule has 23 heavy (non-hydrogen) atoms. The fourth-order valence-electron chi connectivity index (χ4n) is 2.29. The second-order valence-electron chi connectivity index (χ2n) is 5.28. The van der Waals surface area contributed by atoms with E-state index in [-0.39, 0.29) is 18.2 Å². The summed E-state index contributed by atoms with van der Waals surface area (Å²) in [5.41, 5.74) is 1.62. The van der Waals surface area contributed by atoms with Crippen molar-refractivity contribution < 1.29 is 14.3 Å². The molecule has 2 heterocycles. The van der Waals surface area contributed by atoms with E-state index < -0.39 is 6.10 Å². The Morgan fingerprint density at radius 1 is 1.43 bits per heavy atom. The van der Waals surface area contributed by atoms with E-state index >= 15 is 0 Å². The lowest BCUT2D eigenvalue weighted by Gasteiger charge is -2.25. The molecular weight excluding hydrogens is 314 g/mol. The number of aromatic nitrogens is 1. The average Bonchev–Trinajstić information content (AvgIpc) is 2.93. The van der Waals surface area contributed by atoms with E-state index in [1.165, 1.54) is 0 Å². The maximum Gasteiger partial charge on any atom is 0.266 e. The van der Waals surface area contributed by atoms with E-state index in [0.717, 1.165) is 10.7 Å². The summed E-state index contributed by atoms with van der Waals surface area (Å²) in [7, 11) is 0. The lowest BCUT2D eigenvalue weighted by atomic mass is 10.1. The Balaban J connectivity index is 1.49. The van der Waals surface area contributed by atoms with E-state index in [0.29, 0.717) is 24.4 Å². The van der Waals surface area contributed by atoms with Gasteiger partial charge in [0.25, 0.3) is 5.91 Å². The van der Waals surface area contributed by atoms with E-state index in [1.807, 2.05) is 24.4 Å². The van der Waals surface area contributed by atoms with Gasteiger partial charge in [-0.2, -0.15) is 0 Å². The normalized spacial score (nSPS) is 16.2.